The molecule has 4 aliphatic rings. The lowest BCUT2D eigenvalue weighted by molar-refractivity contribution is -0.123. The minimum absolute atomic E-state index is 0.00492. The molecule has 2 aliphatic heterocycles. The first-order valence-electron chi connectivity index (χ1n) is 15.8. The number of nitrogens with one attached hydrogen (secondary N) is 1. The van der Waals surface area contributed by atoms with E-state index >= 15 is 0 Å². The highest BCUT2D eigenvalue weighted by molar-refractivity contribution is 8.00. The molecule has 2 saturated carbocycles. The minimum atomic E-state index is -0.446. The van der Waals surface area contributed by atoms with Crippen LogP contribution in [0, 0.1) is 29.6 Å². The first kappa shape index (κ1) is 30.0. The average molecular weight is 669 g/mol. The second kappa shape index (κ2) is 11.7. The van der Waals surface area contributed by atoms with Gasteiger partial charge in [0.15, 0.2) is 11.5 Å². The number of esters is 1. The molecule has 4 aromatic rings. The summed E-state index contributed by atoms with van der Waals surface area (Å²) in [6, 6.07) is 22.4. The van der Waals surface area contributed by atoms with E-state index in [0.29, 0.717) is 29.4 Å². The Morgan fingerprint density at radius 1 is 0.936 bits per heavy atom. The molecule has 1 saturated heterocycles. The first-order chi connectivity index (χ1) is 22.9. The number of carbonyl (C=O) groups excluding carboxylic acids is 3. The molecule has 0 spiro atoms. The van der Waals surface area contributed by atoms with Crippen molar-refractivity contribution in [3.8, 4) is 11.5 Å². The fourth-order valence-electron chi connectivity index (χ4n) is 8.34. The highest BCUT2D eigenvalue weighted by Gasteiger charge is 2.69. The van der Waals surface area contributed by atoms with Crippen LogP contribution in [-0.2, 0) is 20.9 Å². The smallest absolute Gasteiger partial charge is 0.338 e. The Morgan fingerprint density at radius 2 is 1.68 bits per heavy atom. The van der Waals surface area contributed by atoms with E-state index in [9.17, 15) is 19.2 Å². The van der Waals surface area contributed by atoms with Crippen LogP contribution in [-0.4, -0.2) is 41.7 Å². The number of aromatic amines is 1. The zero-order valence-electron chi connectivity index (χ0n) is 25.7. The van der Waals surface area contributed by atoms with Crippen LogP contribution >= 0.6 is 23.1 Å². The number of anilines is 1. The van der Waals surface area contributed by atoms with Crippen LogP contribution in [0.2, 0.25) is 0 Å². The molecule has 0 radical (unpaired) electrons. The van der Waals surface area contributed by atoms with Gasteiger partial charge in [-0.2, -0.15) is 0 Å². The molecule has 2 aliphatic carbocycles. The Bertz CT molecular complexity index is 1940. The Hall–Kier alpha value is -4.35. The molecule has 1 aromatic heterocycles. The van der Waals surface area contributed by atoms with Gasteiger partial charge in [0.25, 0.3) is 0 Å². The van der Waals surface area contributed by atoms with Crippen LogP contribution in [0.25, 0.3) is 0 Å². The van der Waals surface area contributed by atoms with Crippen molar-refractivity contribution < 1.29 is 28.6 Å². The largest absolute Gasteiger partial charge is 0.493 e. The zero-order valence-corrected chi connectivity index (χ0v) is 27.3. The van der Waals surface area contributed by atoms with Gasteiger partial charge in [-0.3, -0.25) is 19.3 Å². The highest BCUT2D eigenvalue weighted by Crippen LogP contribution is 2.68. The number of ether oxygens (including phenoxy) is 3. The molecule has 2 amide bonds. The van der Waals surface area contributed by atoms with Gasteiger partial charge in [0.05, 0.1) is 41.8 Å². The second-order valence-corrected chi connectivity index (χ2v) is 14.6. The van der Waals surface area contributed by atoms with Gasteiger partial charge in [-0.25, -0.2) is 4.79 Å². The SMILES string of the molecule is CCOC(=O)c1ccc(N2C(=O)[C@H]3[C@H]4C[C@@H]([C@@H]3C2=O)[C@H]2[C@H](c3ccc(OCc5ccccc5)c(OC)c3)c3sc(=O)[nH]c3S[C@H]42)cc1. The van der Waals surface area contributed by atoms with Crippen molar-refractivity contribution in [3.63, 3.8) is 0 Å². The highest BCUT2D eigenvalue weighted by atomic mass is 32.2. The van der Waals surface area contributed by atoms with Crippen LogP contribution in [0.4, 0.5) is 5.69 Å². The van der Waals surface area contributed by atoms with Crippen molar-refractivity contribution in [2.24, 2.45) is 29.6 Å². The third-order valence-corrected chi connectivity index (χ3v) is 12.7. The van der Waals surface area contributed by atoms with Crippen LogP contribution in [0.3, 0.4) is 0 Å². The molecular formula is C36H32N2O7S2. The molecular weight excluding hydrogens is 637 g/mol. The molecule has 7 atom stereocenters. The number of aromatic nitrogens is 1. The van der Waals surface area contributed by atoms with Crippen LogP contribution in [0.15, 0.2) is 82.6 Å². The average Bonchev–Trinajstić information content (AvgIpc) is 3.83. The van der Waals surface area contributed by atoms with E-state index < -0.39 is 17.8 Å². The standard InChI is InChI=1S/C36H32N2O7S2/c1-3-44-35(41)19-9-12-21(13-10-19)38-33(39)28-22-16-23(29(28)34(38)40)30-27(22)26(31-32(46-30)37-36(42)47-31)20-11-14-24(25(15-20)43-2)45-17-18-7-5-4-6-8-18/h4-15,22-23,26-30H,3,16-17H2,1-2H3,(H,37,42)/t22-,23-,26+,27+,28+,29+,30-/m1/s1. The molecule has 9 nitrogen and oxygen atoms in total. The van der Waals surface area contributed by atoms with Crippen LogP contribution in [0.5, 0.6) is 11.5 Å². The summed E-state index contributed by atoms with van der Waals surface area (Å²) in [5.74, 6) is -0.571. The van der Waals surface area contributed by atoms with E-state index in [1.165, 1.54) is 16.2 Å². The summed E-state index contributed by atoms with van der Waals surface area (Å²) < 4.78 is 17.0. The first-order valence-corrected chi connectivity index (χ1v) is 17.5. The van der Waals surface area contributed by atoms with Crippen LogP contribution < -0.4 is 19.2 Å². The predicted molar refractivity (Wildman–Crippen MR) is 177 cm³/mol. The summed E-state index contributed by atoms with van der Waals surface area (Å²) in [6.45, 7) is 2.40. The van der Waals surface area contributed by atoms with Gasteiger partial charge in [0, 0.05) is 16.0 Å². The van der Waals surface area contributed by atoms with Crippen molar-refractivity contribution >= 4 is 46.6 Å². The fraction of sp³-hybridized carbons (Fsp3) is 0.333. The number of rotatable bonds is 8. The third-order valence-electron chi connectivity index (χ3n) is 10.1. The number of benzene rings is 3. The summed E-state index contributed by atoms with van der Waals surface area (Å²) in [4.78, 5) is 58.2. The molecule has 3 fully saturated rings. The van der Waals surface area contributed by atoms with Crippen molar-refractivity contribution in [3.05, 3.63) is 104 Å². The topological polar surface area (TPSA) is 115 Å². The lowest BCUT2D eigenvalue weighted by atomic mass is 9.68. The molecule has 3 heterocycles. The number of imide groups is 1. The van der Waals surface area contributed by atoms with Gasteiger partial charge in [-0.15, -0.1) is 11.8 Å². The summed E-state index contributed by atoms with van der Waals surface area (Å²) in [7, 11) is 1.62. The Morgan fingerprint density at radius 3 is 2.40 bits per heavy atom. The summed E-state index contributed by atoms with van der Waals surface area (Å²) in [5, 5.41) is 0.911. The number of H-pyrrole nitrogens is 1. The number of methoxy groups -OCH3 is 1. The number of thiazole rings is 1. The maximum Gasteiger partial charge on any atom is 0.338 e. The number of carbonyl (C=O) groups is 3. The minimum Gasteiger partial charge on any atom is -0.493 e. The van der Waals surface area contributed by atoms with Gasteiger partial charge in [-0.1, -0.05) is 47.7 Å². The van der Waals surface area contributed by atoms with E-state index in [1.54, 1.807) is 50.1 Å². The monoisotopic (exact) mass is 668 g/mol. The lowest BCUT2D eigenvalue weighted by Gasteiger charge is -2.43. The maximum atomic E-state index is 14.1. The van der Waals surface area contributed by atoms with Crippen LogP contribution in [0.1, 0.15) is 45.6 Å². The van der Waals surface area contributed by atoms with Gasteiger partial charge in [-0.05, 0) is 78.6 Å². The summed E-state index contributed by atoms with van der Waals surface area (Å²) in [5.41, 5.74) is 2.87. The van der Waals surface area contributed by atoms with E-state index in [1.807, 2.05) is 48.5 Å². The molecule has 8 rings (SSSR count). The molecule has 47 heavy (non-hydrogen) atoms. The number of hydrogen-bond acceptors (Lipinski definition) is 9. The second-order valence-electron chi connectivity index (χ2n) is 12.4. The Balaban J connectivity index is 1.12. The quantitative estimate of drug-likeness (QED) is 0.183. The molecule has 0 unspecified atom stereocenters. The fourth-order valence-corrected chi connectivity index (χ4v) is 11.2. The maximum absolute atomic E-state index is 14.1. The number of fused-ring (bicyclic) bond motifs is 9. The normalized spacial score (nSPS) is 26.9. The lowest BCUT2D eigenvalue weighted by Crippen LogP contribution is -2.42. The number of thioether (sulfide) groups is 1. The van der Waals surface area contributed by atoms with Gasteiger partial charge < -0.3 is 19.2 Å². The molecule has 3 aromatic carbocycles. The summed E-state index contributed by atoms with van der Waals surface area (Å²) >= 11 is 2.87. The van der Waals surface area contributed by atoms with Gasteiger partial charge >= 0.3 is 10.8 Å². The third kappa shape index (κ3) is 4.81. The van der Waals surface area contributed by atoms with Gasteiger partial charge in [0.1, 0.15) is 6.61 Å². The number of nitrogens with zero attached hydrogens (tertiary/aromatic N) is 1. The molecule has 11 heteroatoms. The number of hydrogen-bond donors (Lipinski definition) is 1. The van der Waals surface area contributed by atoms with Crippen molar-refractivity contribution in [1.29, 1.82) is 0 Å². The molecule has 1 N–H and O–H groups in total. The molecule has 2 bridgehead atoms. The Kier molecular flexibility index (Phi) is 7.48. The van der Waals surface area contributed by atoms with E-state index in [2.05, 4.69) is 4.98 Å². The van der Waals surface area contributed by atoms with E-state index in [4.69, 9.17) is 14.2 Å². The summed E-state index contributed by atoms with van der Waals surface area (Å²) in [6.07, 6.45) is 0.788. The van der Waals surface area contributed by atoms with Crippen molar-refractivity contribution in [2.45, 2.75) is 36.1 Å². The van der Waals surface area contributed by atoms with E-state index in [0.717, 1.165) is 27.5 Å². The zero-order chi connectivity index (χ0) is 32.4. The molecule has 240 valence electrons. The van der Waals surface area contributed by atoms with Gasteiger partial charge in [0.2, 0.25) is 11.8 Å². The Labute approximate surface area is 279 Å². The van der Waals surface area contributed by atoms with E-state index in [-0.39, 0.29) is 52.2 Å². The predicted octanol–water partition coefficient (Wildman–Crippen LogP) is 5.88. The van der Waals surface area contributed by atoms with Crippen molar-refractivity contribution in [1.82, 2.24) is 4.98 Å². The number of amides is 2. The van der Waals surface area contributed by atoms with Crippen molar-refractivity contribution in [2.75, 3.05) is 18.6 Å².